The van der Waals surface area contributed by atoms with Crippen LogP contribution in [0.15, 0.2) is 102 Å². The summed E-state index contributed by atoms with van der Waals surface area (Å²) < 4.78 is 11.8. The minimum atomic E-state index is -0.828. The van der Waals surface area contributed by atoms with Gasteiger partial charge in [0.25, 0.3) is 0 Å². The standard InChI is InChI=1S/C33H36BrN3O4/c1-40-29-18-13-26(22-30(29)41-2)24-37(31(38)12-9-21-36-19-7-4-8-20-36)32(27-14-16-28(34)17-15-27)33(39)35-23-25-10-5-3-6-11-25/h3-8,10-11,13-19,22,32H,9,12,20-21,23-24H2,1-2H3,(H,35,39). The van der Waals surface area contributed by atoms with E-state index >= 15 is 0 Å². The van der Waals surface area contributed by atoms with Gasteiger partial charge in [0.15, 0.2) is 11.5 Å². The van der Waals surface area contributed by atoms with Gasteiger partial charge >= 0.3 is 0 Å². The molecule has 1 unspecified atom stereocenters. The summed E-state index contributed by atoms with van der Waals surface area (Å²) in [6, 6.07) is 22.0. The molecule has 7 nitrogen and oxygen atoms in total. The Balaban J connectivity index is 1.63. The number of amides is 2. The molecule has 1 atom stereocenters. The van der Waals surface area contributed by atoms with E-state index in [0.29, 0.717) is 30.9 Å². The molecule has 3 aromatic carbocycles. The Morgan fingerprint density at radius 2 is 1.71 bits per heavy atom. The number of nitrogens with one attached hydrogen (secondary N) is 1. The first kappa shape index (κ1) is 29.9. The highest BCUT2D eigenvalue weighted by Crippen LogP contribution is 2.31. The summed E-state index contributed by atoms with van der Waals surface area (Å²) in [6.45, 7) is 2.16. The number of benzene rings is 3. The van der Waals surface area contributed by atoms with Gasteiger partial charge in [0.1, 0.15) is 6.04 Å². The molecule has 41 heavy (non-hydrogen) atoms. The van der Waals surface area contributed by atoms with Crippen LogP contribution >= 0.6 is 15.9 Å². The lowest BCUT2D eigenvalue weighted by Gasteiger charge is -2.32. The van der Waals surface area contributed by atoms with Crippen molar-refractivity contribution >= 4 is 27.7 Å². The van der Waals surface area contributed by atoms with Crippen molar-refractivity contribution in [2.24, 2.45) is 0 Å². The lowest BCUT2D eigenvalue weighted by atomic mass is 10.0. The molecule has 2 amide bonds. The van der Waals surface area contributed by atoms with Crippen molar-refractivity contribution in [3.8, 4) is 11.5 Å². The van der Waals surface area contributed by atoms with E-state index < -0.39 is 6.04 Å². The molecule has 0 spiro atoms. The van der Waals surface area contributed by atoms with Crippen molar-refractivity contribution in [3.05, 3.63) is 118 Å². The maximum atomic E-state index is 14.0. The van der Waals surface area contributed by atoms with E-state index in [-0.39, 0.29) is 18.4 Å². The summed E-state index contributed by atoms with van der Waals surface area (Å²) in [4.78, 5) is 31.7. The Morgan fingerprint density at radius 1 is 0.951 bits per heavy atom. The van der Waals surface area contributed by atoms with Crippen LogP contribution in [0.5, 0.6) is 11.5 Å². The summed E-state index contributed by atoms with van der Waals surface area (Å²) in [5.74, 6) is 0.826. The molecule has 4 rings (SSSR count). The number of rotatable bonds is 13. The second kappa shape index (κ2) is 15.1. The molecule has 0 fully saturated rings. The molecule has 1 aliphatic heterocycles. The molecule has 0 radical (unpaired) electrons. The fourth-order valence-electron chi connectivity index (χ4n) is 4.75. The van der Waals surface area contributed by atoms with Crippen molar-refractivity contribution in [3.63, 3.8) is 0 Å². The third-order valence-corrected chi connectivity index (χ3v) is 7.43. The van der Waals surface area contributed by atoms with Crippen LogP contribution in [0.4, 0.5) is 0 Å². The molecule has 1 heterocycles. The summed E-state index contributed by atoms with van der Waals surface area (Å²) >= 11 is 3.49. The maximum Gasteiger partial charge on any atom is 0.247 e. The lowest BCUT2D eigenvalue weighted by Crippen LogP contribution is -2.43. The van der Waals surface area contributed by atoms with Gasteiger partial charge in [-0.25, -0.2) is 0 Å². The molecule has 214 valence electrons. The highest BCUT2D eigenvalue weighted by molar-refractivity contribution is 9.10. The van der Waals surface area contributed by atoms with Gasteiger partial charge in [-0.3, -0.25) is 9.59 Å². The van der Waals surface area contributed by atoms with Gasteiger partial charge in [0.05, 0.1) is 14.2 Å². The Kier molecular flexibility index (Phi) is 11.0. The third kappa shape index (κ3) is 8.47. The Morgan fingerprint density at radius 3 is 2.39 bits per heavy atom. The number of ether oxygens (including phenoxy) is 2. The fourth-order valence-corrected chi connectivity index (χ4v) is 5.01. The average Bonchev–Trinajstić information content (AvgIpc) is 3.01. The maximum absolute atomic E-state index is 14.0. The number of carbonyl (C=O) groups excluding carboxylic acids is 2. The molecule has 0 aromatic heterocycles. The van der Waals surface area contributed by atoms with Crippen LogP contribution < -0.4 is 14.8 Å². The predicted molar refractivity (Wildman–Crippen MR) is 164 cm³/mol. The van der Waals surface area contributed by atoms with Crippen LogP contribution in [-0.2, 0) is 22.7 Å². The van der Waals surface area contributed by atoms with Crippen LogP contribution in [-0.4, -0.2) is 48.9 Å². The molecular formula is C33H36BrN3O4. The second-order valence-electron chi connectivity index (χ2n) is 9.74. The molecule has 0 bridgehead atoms. The minimum Gasteiger partial charge on any atom is -0.493 e. The van der Waals surface area contributed by atoms with Crippen molar-refractivity contribution in [2.45, 2.75) is 32.0 Å². The van der Waals surface area contributed by atoms with Crippen molar-refractivity contribution < 1.29 is 19.1 Å². The summed E-state index contributed by atoms with van der Waals surface area (Å²) in [6.07, 6.45) is 9.11. The van der Waals surface area contributed by atoms with E-state index in [9.17, 15) is 9.59 Å². The third-order valence-electron chi connectivity index (χ3n) is 6.90. The van der Waals surface area contributed by atoms with Crippen LogP contribution in [0.2, 0.25) is 0 Å². The molecule has 1 aliphatic rings. The van der Waals surface area contributed by atoms with E-state index in [1.54, 1.807) is 19.1 Å². The van der Waals surface area contributed by atoms with Gasteiger partial charge in [0, 0.05) is 37.1 Å². The fraction of sp³-hybridized carbons (Fsp3) is 0.273. The van der Waals surface area contributed by atoms with E-state index in [4.69, 9.17) is 9.47 Å². The zero-order valence-electron chi connectivity index (χ0n) is 23.5. The average molecular weight is 619 g/mol. The van der Waals surface area contributed by atoms with Crippen LogP contribution in [0, 0.1) is 0 Å². The first-order chi connectivity index (χ1) is 20.0. The number of hydrogen-bond acceptors (Lipinski definition) is 5. The second-order valence-corrected chi connectivity index (χ2v) is 10.7. The van der Waals surface area contributed by atoms with Crippen LogP contribution in [0.3, 0.4) is 0 Å². The highest BCUT2D eigenvalue weighted by atomic mass is 79.9. The number of methoxy groups -OCH3 is 2. The Hall–Kier alpha value is -4.04. The molecule has 0 aliphatic carbocycles. The van der Waals surface area contributed by atoms with Gasteiger partial charge in [-0.2, -0.15) is 0 Å². The largest absolute Gasteiger partial charge is 0.493 e. The highest BCUT2D eigenvalue weighted by Gasteiger charge is 2.31. The topological polar surface area (TPSA) is 71.1 Å². The van der Waals surface area contributed by atoms with E-state index in [1.807, 2.05) is 91.1 Å². The van der Waals surface area contributed by atoms with Crippen LogP contribution in [0.25, 0.3) is 0 Å². The molecule has 1 N–H and O–H groups in total. The summed E-state index contributed by atoms with van der Waals surface area (Å²) in [7, 11) is 3.16. The SMILES string of the molecule is COc1ccc(CN(C(=O)CCCN2C=CC=CC2)C(C(=O)NCc2ccccc2)c2ccc(Br)cc2)cc1OC. The van der Waals surface area contributed by atoms with Gasteiger partial charge in [0.2, 0.25) is 11.8 Å². The first-order valence-corrected chi connectivity index (χ1v) is 14.4. The van der Waals surface area contributed by atoms with Gasteiger partial charge in [-0.15, -0.1) is 0 Å². The Labute approximate surface area is 250 Å². The molecule has 0 saturated heterocycles. The predicted octanol–water partition coefficient (Wildman–Crippen LogP) is 6.02. The van der Waals surface area contributed by atoms with Gasteiger partial charge < -0.3 is 24.6 Å². The van der Waals surface area contributed by atoms with E-state index in [1.165, 1.54) is 0 Å². The summed E-state index contributed by atoms with van der Waals surface area (Å²) in [5, 5.41) is 3.07. The normalized spacial score (nSPS) is 13.0. The van der Waals surface area contributed by atoms with E-state index in [0.717, 1.165) is 34.3 Å². The number of nitrogens with zero attached hydrogens (tertiary/aromatic N) is 2. The molecule has 3 aromatic rings. The number of carbonyl (C=O) groups is 2. The summed E-state index contributed by atoms with van der Waals surface area (Å²) in [5.41, 5.74) is 2.55. The molecular weight excluding hydrogens is 582 g/mol. The number of hydrogen-bond donors (Lipinski definition) is 1. The minimum absolute atomic E-state index is 0.0981. The molecule has 0 saturated carbocycles. The number of halogens is 1. The lowest BCUT2D eigenvalue weighted by molar-refractivity contribution is -0.141. The first-order valence-electron chi connectivity index (χ1n) is 13.6. The van der Waals surface area contributed by atoms with Gasteiger partial charge in [-0.05, 0) is 59.7 Å². The van der Waals surface area contributed by atoms with Gasteiger partial charge in [-0.1, -0.05) is 76.6 Å². The smallest absolute Gasteiger partial charge is 0.247 e. The van der Waals surface area contributed by atoms with Crippen LogP contribution in [0.1, 0.15) is 35.6 Å². The van der Waals surface area contributed by atoms with Crippen molar-refractivity contribution in [1.29, 1.82) is 0 Å². The van der Waals surface area contributed by atoms with E-state index in [2.05, 4.69) is 32.2 Å². The Bertz CT molecular complexity index is 1360. The van der Waals surface area contributed by atoms with Crippen molar-refractivity contribution in [2.75, 3.05) is 27.3 Å². The zero-order chi connectivity index (χ0) is 29.0. The monoisotopic (exact) mass is 617 g/mol. The number of allylic oxidation sites excluding steroid dienone is 2. The quantitative estimate of drug-likeness (QED) is 0.254. The zero-order valence-corrected chi connectivity index (χ0v) is 25.0. The molecule has 8 heteroatoms. The van der Waals surface area contributed by atoms with Crippen molar-refractivity contribution in [1.82, 2.24) is 15.1 Å².